The third-order valence-electron chi connectivity index (χ3n) is 5.26. The van der Waals surface area contributed by atoms with Crippen molar-refractivity contribution in [2.75, 3.05) is 6.61 Å². The van der Waals surface area contributed by atoms with Gasteiger partial charge in [-0.25, -0.2) is 4.79 Å². The third-order valence-corrected chi connectivity index (χ3v) is 5.26. The van der Waals surface area contributed by atoms with Crippen molar-refractivity contribution in [3.8, 4) is 5.75 Å². The predicted octanol–water partition coefficient (Wildman–Crippen LogP) is 2.90. The van der Waals surface area contributed by atoms with E-state index in [1.807, 2.05) is 6.07 Å². The van der Waals surface area contributed by atoms with Crippen LogP contribution in [0.4, 0.5) is 4.79 Å². The first-order valence-electron chi connectivity index (χ1n) is 9.09. The summed E-state index contributed by atoms with van der Waals surface area (Å²) >= 11 is 0. The largest absolute Gasteiger partial charge is 0.493 e. The van der Waals surface area contributed by atoms with Gasteiger partial charge in [0.15, 0.2) is 0 Å². The molecule has 5 nitrogen and oxygen atoms in total. The van der Waals surface area contributed by atoms with Gasteiger partial charge in [-0.2, -0.15) is 0 Å². The third kappa shape index (κ3) is 3.66. The molecule has 0 aromatic heterocycles. The molecule has 3 fully saturated rings. The van der Waals surface area contributed by atoms with Gasteiger partial charge in [0.05, 0.1) is 24.9 Å². The molecule has 5 heteroatoms. The molecule has 3 atom stereocenters. The number of aryl methyl sites for hydroxylation is 1. The normalized spacial score (nSPS) is 28.0. The fourth-order valence-electron chi connectivity index (χ4n) is 3.62. The highest BCUT2D eigenvalue weighted by Crippen LogP contribution is 2.34. The Bertz CT molecular complexity index is 615. The van der Waals surface area contributed by atoms with Crippen molar-refractivity contribution < 1.29 is 14.3 Å². The highest BCUT2D eigenvalue weighted by atomic mass is 16.5. The second-order valence-corrected chi connectivity index (χ2v) is 7.41. The van der Waals surface area contributed by atoms with Gasteiger partial charge in [0, 0.05) is 12.1 Å². The van der Waals surface area contributed by atoms with E-state index < -0.39 is 0 Å². The fourth-order valence-corrected chi connectivity index (χ4v) is 3.62. The predicted molar refractivity (Wildman–Crippen MR) is 91.1 cm³/mol. The minimum absolute atomic E-state index is 0.120. The minimum Gasteiger partial charge on any atom is -0.493 e. The molecule has 24 heavy (non-hydrogen) atoms. The standard InChI is InChI=1S/C19H26N2O3/c1-12-2-5-14(18(8-12)23-11-13-3-4-13)10-20-19(22)21-16-9-15-6-7-17(16)24-15/h2,5,8,13,15-17H,3-4,6-7,9-11H2,1H3,(H2,20,21,22)/t15-,16-,17-/m1/s1. The van der Waals surface area contributed by atoms with Crippen LogP contribution in [-0.4, -0.2) is 30.9 Å². The van der Waals surface area contributed by atoms with Crippen molar-refractivity contribution in [2.24, 2.45) is 5.92 Å². The van der Waals surface area contributed by atoms with Crippen molar-refractivity contribution in [1.82, 2.24) is 10.6 Å². The smallest absolute Gasteiger partial charge is 0.315 e. The van der Waals surface area contributed by atoms with Crippen LogP contribution in [-0.2, 0) is 11.3 Å². The van der Waals surface area contributed by atoms with Gasteiger partial charge in [-0.1, -0.05) is 12.1 Å². The summed E-state index contributed by atoms with van der Waals surface area (Å²) in [6.45, 7) is 3.32. The fraction of sp³-hybridized carbons (Fsp3) is 0.632. The molecule has 0 radical (unpaired) electrons. The van der Waals surface area contributed by atoms with Gasteiger partial charge in [0.25, 0.3) is 0 Å². The summed E-state index contributed by atoms with van der Waals surface area (Å²) in [5, 5.41) is 6.02. The highest BCUT2D eigenvalue weighted by molar-refractivity contribution is 5.74. The molecule has 3 aliphatic rings. The van der Waals surface area contributed by atoms with Crippen LogP contribution in [0, 0.1) is 12.8 Å². The van der Waals surface area contributed by atoms with Crippen LogP contribution >= 0.6 is 0 Å². The first-order chi connectivity index (χ1) is 11.7. The van der Waals surface area contributed by atoms with Crippen molar-refractivity contribution in [2.45, 2.75) is 63.8 Å². The second kappa shape index (κ2) is 6.63. The topological polar surface area (TPSA) is 59.6 Å². The SMILES string of the molecule is Cc1ccc(CNC(=O)N[C@@H]2C[C@H]3CC[C@H]2O3)c(OCC2CC2)c1. The number of hydrogen-bond acceptors (Lipinski definition) is 3. The van der Waals surface area contributed by atoms with Crippen molar-refractivity contribution in [3.05, 3.63) is 29.3 Å². The number of fused-ring (bicyclic) bond motifs is 2. The molecule has 0 spiro atoms. The van der Waals surface area contributed by atoms with Crippen LogP contribution in [0.1, 0.15) is 43.2 Å². The summed E-state index contributed by atoms with van der Waals surface area (Å²) in [5.74, 6) is 1.61. The first-order valence-corrected chi connectivity index (χ1v) is 9.09. The van der Waals surface area contributed by atoms with E-state index in [2.05, 4.69) is 29.7 Å². The Morgan fingerprint density at radius 3 is 2.88 bits per heavy atom. The highest BCUT2D eigenvalue weighted by Gasteiger charge is 2.41. The second-order valence-electron chi connectivity index (χ2n) is 7.41. The van der Waals surface area contributed by atoms with Crippen LogP contribution in [0.5, 0.6) is 5.75 Å². The Morgan fingerprint density at radius 1 is 1.29 bits per heavy atom. The zero-order valence-electron chi connectivity index (χ0n) is 14.2. The van der Waals surface area contributed by atoms with E-state index in [9.17, 15) is 4.79 Å². The van der Waals surface area contributed by atoms with Crippen LogP contribution in [0.3, 0.4) is 0 Å². The molecule has 0 unspecified atom stereocenters. The maximum absolute atomic E-state index is 12.2. The molecular formula is C19H26N2O3. The van der Waals surface area contributed by atoms with Gasteiger partial charge >= 0.3 is 6.03 Å². The van der Waals surface area contributed by atoms with Gasteiger partial charge < -0.3 is 20.1 Å². The van der Waals surface area contributed by atoms with E-state index in [0.29, 0.717) is 18.6 Å². The number of urea groups is 1. The lowest BCUT2D eigenvalue weighted by molar-refractivity contribution is 0.0981. The molecule has 2 N–H and O–H groups in total. The lowest BCUT2D eigenvalue weighted by atomic mass is 9.96. The number of ether oxygens (including phenoxy) is 2. The van der Waals surface area contributed by atoms with E-state index in [1.165, 1.54) is 18.4 Å². The van der Waals surface area contributed by atoms with Gasteiger partial charge in [-0.05, 0) is 56.6 Å². The molecule has 2 amide bonds. The number of rotatable bonds is 6. The Hall–Kier alpha value is -1.75. The molecule has 1 aromatic carbocycles. The molecule has 130 valence electrons. The lowest BCUT2D eigenvalue weighted by Crippen LogP contribution is -2.46. The average molecular weight is 330 g/mol. The Morgan fingerprint density at radius 2 is 2.17 bits per heavy atom. The Kier molecular flexibility index (Phi) is 4.35. The average Bonchev–Trinajstić information content (AvgIpc) is 3.17. The number of carbonyl (C=O) groups is 1. The van der Waals surface area contributed by atoms with E-state index in [1.54, 1.807) is 0 Å². The summed E-state index contributed by atoms with van der Waals surface area (Å²) in [6.07, 6.45) is 6.24. The number of hydrogen-bond donors (Lipinski definition) is 2. The monoisotopic (exact) mass is 330 g/mol. The van der Waals surface area contributed by atoms with Gasteiger partial charge in [0.2, 0.25) is 0 Å². The van der Waals surface area contributed by atoms with E-state index in [-0.39, 0.29) is 18.2 Å². The van der Waals surface area contributed by atoms with Crippen LogP contribution in [0.25, 0.3) is 0 Å². The summed E-state index contributed by atoms with van der Waals surface area (Å²) in [5.41, 5.74) is 2.20. The quantitative estimate of drug-likeness (QED) is 0.843. The first kappa shape index (κ1) is 15.8. The van der Waals surface area contributed by atoms with Gasteiger partial charge in [-0.15, -0.1) is 0 Å². The molecule has 1 aromatic rings. The Labute approximate surface area is 143 Å². The van der Waals surface area contributed by atoms with E-state index >= 15 is 0 Å². The van der Waals surface area contributed by atoms with Crippen LogP contribution < -0.4 is 15.4 Å². The van der Waals surface area contributed by atoms with Crippen LogP contribution in [0.2, 0.25) is 0 Å². The van der Waals surface area contributed by atoms with E-state index in [4.69, 9.17) is 9.47 Å². The molecule has 2 heterocycles. The van der Waals surface area contributed by atoms with Gasteiger partial charge in [0.1, 0.15) is 5.75 Å². The van der Waals surface area contributed by atoms with E-state index in [0.717, 1.165) is 37.2 Å². The maximum Gasteiger partial charge on any atom is 0.315 e. The molecule has 2 aliphatic heterocycles. The van der Waals surface area contributed by atoms with Crippen molar-refractivity contribution in [1.29, 1.82) is 0 Å². The summed E-state index contributed by atoms with van der Waals surface area (Å²) in [7, 11) is 0. The zero-order valence-corrected chi connectivity index (χ0v) is 14.2. The summed E-state index contributed by atoms with van der Waals surface area (Å²) < 4.78 is 11.7. The molecule has 2 bridgehead atoms. The summed E-state index contributed by atoms with van der Waals surface area (Å²) in [4.78, 5) is 12.2. The molecule has 4 rings (SSSR count). The molecule has 1 saturated carbocycles. The zero-order chi connectivity index (χ0) is 16.5. The molecule has 2 saturated heterocycles. The van der Waals surface area contributed by atoms with Crippen molar-refractivity contribution in [3.63, 3.8) is 0 Å². The lowest BCUT2D eigenvalue weighted by Gasteiger charge is -2.20. The number of nitrogens with one attached hydrogen (secondary N) is 2. The minimum atomic E-state index is -0.120. The van der Waals surface area contributed by atoms with Gasteiger partial charge in [-0.3, -0.25) is 0 Å². The molecular weight excluding hydrogens is 304 g/mol. The maximum atomic E-state index is 12.2. The number of amides is 2. The number of benzene rings is 1. The van der Waals surface area contributed by atoms with Crippen molar-refractivity contribution >= 4 is 6.03 Å². The summed E-state index contributed by atoms with van der Waals surface area (Å²) in [6, 6.07) is 6.19. The Balaban J connectivity index is 1.30. The van der Waals surface area contributed by atoms with Crippen LogP contribution in [0.15, 0.2) is 18.2 Å². The number of carbonyl (C=O) groups excluding carboxylic acids is 1. The molecule has 1 aliphatic carbocycles.